The van der Waals surface area contributed by atoms with E-state index in [2.05, 4.69) is 74.6 Å². The average Bonchev–Trinajstić information content (AvgIpc) is 3.17. The smallest absolute Gasteiger partial charge is 0.306 e. The first-order valence-corrected chi connectivity index (χ1v) is 24.5. The molecule has 0 aromatic carbocycles. The molecular formula is C48H86NO8P. The number of allylic oxidation sites excluding steroid dienone is 10. The van der Waals surface area contributed by atoms with Gasteiger partial charge in [-0.1, -0.05) is 145 Å². The second kappa shape index (κ2) is 40.1. The van der Waals surface area contributed by atoms with Crippen molar-refractivity contribution >= 4 is 19.8 Å². The van der Waals surface area contributed by atoms with Gasteiger partial charge in [0.05, 0.1) is 27.7 Å². The van der Waals surface area contributed by atoms with Crippen LogP contribution in [0, 0.1) is 0 Å². The molecule has 0 bridgehead atoms. The monoisotopic (exact) mass is 836 g/mol. The molecule has 0 aromatic heterocycles. The van der Waals surface area contributed by atoms with Gasteiger partial charge in [-0.05, 0) is 83.5 Å². The second-order valence-electron chi connectivity index (χ2n) is 16.4. The quantitative estimate of drug-likeness (QED) is 0.0197. The fourth-order valence-corrected chi connectivity index (χ4v) is 6.60. The minimum Gasteiger partial charge on any atom is -0.756 e. The maximum Gasteiger partial charge on any atom is 0.306 e. The molecule has 0 heterocycles. The summed E-state index contributed by atoms with van der Waals surface area (Å²) in [6, 6.07) is 0. The summed E-state index contributed by atoms with van der Waals surface area (Å²) in [5, 5.41) is 0. The van der Waals surface area contributed by atoms with Crippen LogP contribution in [-0.2, 0) is 32.7 Å². The molecule has 0 rings (SSSR count). The van der Waals surface area contributed by atoms with Gasteiger partial charge in [0.1, 0.15) is 19.8 Å². The number of phosphoric acid groups is 1. The number of nitrogens with zero attached hydrogens (tertiary/aromatic N) is 1. The molecule has 1 unspecified atom stereocenters. The number of quaternary nitrogens is 1. The third-order valence-electron chi connectivity index (χ3n) is 9.51. The van der Waals surface area contributed by atoms with Crippen molar-refractivity contribution in [2.75, 3.05) is 47.5 Å². The number of phosphoric ester groups is 1. The Hall–Kier alpha value is -2.29. The Kier molecular flexibility index (Phi) is 38.5. The number of esters is 2. The van der Waals surface area contributed by atoms with Crippen LogP contribution in [0.3, 0.4) is 0 Å². The maximum absolute atomic E-state index is 12.7. The average molecular weight is 836 g/mol. The van der Waals surface area contributed by atoms with E-state index in [1.54, 1.807) is 0 Å². The summed E-state index contributed by atoms with van der Waals surface area (Å²) in [5.74, 6) is -0.887. The van der Waals surface area contributed by atoms with Gasteiger partial charge in [0.2, 0.25) is 0 Å². The first-order chi connectivity index (χ1) is 28.0. The molecule has 0 aliphatic heterocycles. The zero-order valence-electron chi connectivity index (χ0n) is 37.7. The van der Waals surface area contributed by atoms with Gasteiger partial charge in [0.25, 0.3) is 7.82 Å². The molecule has 0 aliphatic carbocycles. The molecule has 0 saturated carbocycles. The van der Waals surface area contributed by atoms with E-state index >= 15 is 0 Å². The molecule has 0 aromatic rings. The normalized spacial score (nSPS) is 14.1. The molecule has 9 nitrogen and oxygen atoms in total. The zero-order chi connectivity index (χ0) is 42.8. The van der Waals surface area contributed by atoms with Crippen molar-refractivity contribution in [2.24, 2.45) is 0 Å². The highest BCUT2D eigenvalue weighted by molar-refractivity contribution is 7.45. The molecule has 2 atom stereocenters. The Balaban J connectivity index is 4.39. The van der Waals surface area contributed by atoms with Crippen molar-refractivity contribution in [3.63, 3.8) is 0 Å². The Labute approximate surface area is 356 Å². The molecular weight excluding hydrogens is 750 g/mol. The molecule has 0 N–H and O–H groups in total. The number of hydrogen-bond donors (Lipinski definition) is 0. The highest BCUT2D eigenvalue weighted by Gasteiger charge is 2.21. The summed E-state index contributed by atoms with van der Waals surface area (Å²) in [7, 11) is 1.13. The lowest BCUT2D eigenvalue weighted by molar-refractivity contribution is -0.870. The summed E-state index contributed by atoms with van der Waals surface area (Å²) >= 11 is 0. The van der Waals surface area contributed by atoms with E-state index in [0.29, 0.717) is 23.9 Å². The van der Waals surface area contributed by atoms with E-state index in [1.807, 2.05) is 21.1 Å². The number of carbonyl (C=O) groups excluding carboxylic acids is 2. The van der Waals surface area contributed by atoms with Crippen LogP contribution in [0.5, 0.6) is 0 Å². The summed E-state index contributed by atoms with van der Waals surface area (Å²) in [6.07, 6.45) is 48.2. The first-order valence-electron chi connectivity index (χ1n) is 23.0. The lowest BCUT2D eigenvalue weighted by Crippen LogP contribution is -2.37. The highest BCUT2D eigenvalue weighted by atomic mass is 31.2. The van der Waals surface area contributed by atoms with E-state index < -0.39 is 32.5 Å². The topological polar surface area (TPSA) is 111 Å². The number of rotatable bonds is 41. The lowest BCUT2D eigenvalue weighted by Gasteiger charge is -2.28. The van der Waals surface area contributed by atoms with Gasteiger partial charge in [-0.3, -0.25) is 14.2 Å². The predicted octanol–water partition coefficient (Wildman–Crippen LogP) is 12.6. The third kappa shape index (κ3) is 43.3. The lowest BCUT2D eigenvalue weighted by atomic mass is 10.1. The number of hydrogen-bond acceptors (Lipinski definition) is 8. The van der Waals surface area contributed by atoms with Gasteiger partial charge in [-0.2, -0.15) is 0 Å². The van der Waals surface area contributed by atoms with Gasteiger partial charge < -0.3 is 27.9 Å². The van der Waals surface area contributed by atoms with Crippen LogP contribution < -0.4 is 4.89 Å². The number of unbranched alkanes of at least 4 members (excludes halogenated alkanes) is 17. The van der Waals surface area contributed by atoms with E-state index in [9.17, 15) is 19.0 Å². The Morgan fingerprint density at radius 3 is 1.41 bits per heavy atom. The summed E-state index contributed by atoms with van der Waals surface area (Å²) in [6.45, 7) is 4.12. The molecule has 58 heavy (non-hydrogen) atoms. The minimum atomic E-state index is -4.64. The SMILES string of the molecule is CCCCC/C=C/C/C=C/C/C=C/CCCCC(=O)OC[C@H](COP(=O)([O-])OCC[N+](C)(C)C)OC(=O)CCCCCCCCCCC/C=C/C/C=C/CCCCC. The second-order valence-corrected chi connectivity index (χ2v) is 17.8. The molecule has 0 amide bonds. The van der Waals surface area contributed by atoms with Crippen LogP contribution in [0.1, 0.15) is 181 Å². The summed E-state index contributed by atoms with van der Waals surface area (Å²) < 4.78 is 33.9. The fraction of sp³-hybridized carbons (Fsp3) is 0.750. The Morgan fingerprint density at radius 2 is 0.931 bits per heavy atom. The van der Waals surface area contributed by atoms with Gasteiger partial charge in [-0.15, -0.1) is 0 Å². The number of likely N-dealkylation sites (N-methyl/N-ethyl adjacent to an activating group) is 1. The first kappa shape index (κ1) is 55.7. The van der Waals surface area contributed by atoms with Gasteiger partial charge in [0, 0.05) is 12.8 Å². The van der Waals surface area contributed by atoms with Crippen molar-refractivity contribution in [1.82, 2.24) is 0 Å². The summed E-state index contributed by atoms with van der Waals surface area (Å²) in [5.41, 5.74) is 0. The molecule has 0 aliphatic rings. The Morgan fingerprint density at radius 1 is 0.534 bits per heavy atom. The highest BCUT2D eigenvalue weighted by Crippen LogP contribution is 2.38. The van der Waals surface area contributed by atoms with Crippen molar-refractivity contribution in [1.29, 1.82) is 0 Å². The van der Waals surface area contributed by atoms with Gasteiger partial charge in [0.15, 0.2) is 6.10 Å². The molecule has 0 radical (unpaired) electrons. The maximum atomic E-state index is 12.7. The van der Waals surface area contributed by atoms with Crippen LogP contribution in [-0.4, -0.2) is 70.0 Å². The van der Waals surface area contributed by atoms with E-state index in [4.69, 9.17) is 18.5 Å². The standard InChI is InChI=1S/C48H86NO8P/c1-6-8-10-12-14-16-18-20-22-23-24-25-27-29-31-33-35-37-39-41-48(51)57-46(45-56-58(52,53)55-43-42-49(3,4)5)44-54-47(50)40-38-36-34-32-30-28-26-21-19-17-15-13-11-9-7-2/h14-17,20-22,26,30,32,46H,6-13,18-19,23-25,27-29,31,33-45H2,1-5H3/b16-14+,17-15+,22-20+,26-21+,32-30+/t46-/m1/s1. The van der Waals surface area contributed by atoms with Crippen LogP contribution in [0.15, 0.2) is 60.8 Å². The number of carbonyl (C=O) groups is 2. The van der Waals surface area contributed by atoms with Gasteiger partial charge in [-0.25, -0.2) is 0 Å². The fourth-order valence-electron chi connectivity index (χ4n) is 5.87. The van der Waals surface area contributed by atoms with E-state index in [0.717, 1.165) is 64.2 Å². The third-order valence-corrected chi connectivity index (χ3v) is 10.5. The molecule has 0 fully saturated rings. The van der Waals surface area contributed by atoms with Crippen molar-refractivity contribution < 1.29 is 42.1 Å². The van der Waals surface area contributed by atoms with Crippen LogP contribution in [0.4, 0.5) is 0 Å². The minimum absolute atomic E-state index is 0.0401. The van der Waals surface area contributed by atoms with Crippen molar-refractivity contribution in [2.45, 2.75) is 187 Å². The van der Waals surface area contributed by atoms with Crippen molar-refractivity contribution in [3.05, 3.63) is 60.8 Å². The number of ether oxygens (including phenoxy) is 2. The van der Waals surface area contributed by atoms with Crippen LogP contribution >= 0.6 is 7.82 Å². The molecule has 0 spiro atoms. The predicted molar refractivity (Wildman–Crippen MR) is 240 cm³/mol. The van der Waals surface area contributed by atoms with E-state index in [1.165, 1.54) is 77.0 Å². The van der Waals surface area contributed by atoms with Crippen LogP contribution in [0.2, 0.25) is 0 Å². The van der Waals surface area contributed by atoms with Gasteiger partial charge >= 0.3 is 11.9 Å². The van der Waals surface area contributed by atoms with E-state index in [-0.39, 0.29) is 26.1 Å². The zero-order valence-corrected chi connectivity index (χ0v) is 38.6. The molecule has 10 heteroatoms. The van der Waals surface area contributed by atoms with Crippen LogP contribution in [0.25, 0.3) is 0 Å². The largest absolute Gasteiger partial charge is 0.756 e. The summed E-state index contributed by atoms with van der Waals surface area (Å²) in [4.78, 5) is 37.6. The van der Waals surface area contributed by atoms with Crippen molar-refractivity contribution in [3.8, 4) is 0 Å². The molecule has 336 valence electrons. The Bertz CT molecular complexity index is 1170. The molecule has 0 saturated heterocycles.